The molecule has 1 unspecified atom stereocenters. The van der Waals surface area contributed by atoms with Gasteiger partial charge in [-0.15, -0.1) is 0 Å². The van der Waals surface area contributed by atoms with E-state index in [4.69, 9.17) is 11.6 Å². The summed E-state index contributed by atoms with van der Waals surface area (Å²) in [5.41, 5.74) is 1.26. The van der Waals surface area contributed by atoms with Crippen molar-refractivity contribution >= 4 is 34.8 Å². The summed E-state index contributed by atoms with van der Waals surface area (Å²) in [7, 11) is 0. The van der Waals surface area contributed by atoms with Gasteiger partial charge in [-0.05, 0) is 18.1 Å². The number of carbonyl (C=O) groups is 2. The van der Waals surface area contributed by atoms with E-state index in [1.165, 1.54) is 22.0 Å². The zero-order valence-corrected chi connectivity index (χ0v) is 15.6. The Morgan fingerprint density at radius 3 is 2.78 bits per heavy atom. The van der Waals surface area contributed by atoms with Crippen LogP contribution in [0, 0.1) is 0 Å². The van der Waals surface area contributed by atoms with Gasteiger partial charge in [-0.3, -0.25) is 24.3 Å². The predicted molar refractivity (Wildman–Crippen MR) is 103 cm³/mol. The smallest absolute Gasteiger partial charge is 0.256 e. The van der Waals surface area contributed by atoms with E-state index in [1.807, 2.05) is 12.1 Å². The number of pyridine rings is 1. The highest BCUT2D eigenvalue weighted by Gasteiger charge is 2.30. The van der Waals surface area contributed by atoms with Gasteiger partial charge in [0.15, 0.2) is 5.13 Å². The Bertz CT molecular complexity index is 1110. The van der Waals surface area contributed by atoms with Gasteiger partial charge < -0.3 is 0 Å². The van der Waals surface area contributed by atoms with E-state index >= 15 is 0 Å². The molecule has 1 N–H and O–H groups in total. The molecular weight excluding hydrogens is 386 g/mol. The van der Waals surface area contributed by atoms with Gasteiger partial charge in [-0.25, -0.2) is 4.98 Å². The summed E-state index contributed by atoms with van der Waals surface area (Å²) in [6.45, 7) is 0. The fraction of sp³-hybridized carbons (Fsp3) is 0.158. The van der Waals surface area contributed by atoms with Crippen LogP contribution in [0.2, 0.25) is 5.02 Å². The van der Waals surface area contributed by atoms with Crippen molar-refractivity contribution in [3.8, 4) is 15.6 Å². The van der Waals surface area contributed by atoms with Gasteiger partial charge in [0.1, 0.15) is 0 Å². The monoisotopic (exact) mass is 399 g/mol. The van der Waals surface area contributed by atoms with E-state index in [0.29, 0.717) is 28.6 Å². The first-order valence-corrected chi connectivity index (χ1v) is 9.50. The predicted octanol–water partition coefficient (Wildman–Crippen LogP) is 3.13. The lowest BCUT2D eigenvalue weighted by Crippen LogP contribution is -2.39. The number of aromatic nitrogens is 2. The maximum absolute atomic E-state index is 12.2. The van der Waals surface area contributed by atoms with Gasteiger partial charge in [0.05, 0.1) is 15.8 Å². The number of nitrogens with zero attached hydrogens (tertiary/aromatic N) is 2. The van der Waals surface area contributed by atoms with Gasteiger partial charge in [0, 0.05) is 30.4 Å². The molecule has 6 nitrogen and oxygen atoms in total. The van der Waals surface area contributed by atoms with E-state index in [2.05, 4.69) is 10.3 Å². The molecule has 0 spiro atoms. The summed E-state index contributed by atoms with van der Waals surface area (Å²) in [6, 6.07) is 10.4. The molecule has 1 aliphatic rings. The van der Waals surface area contributed by atoms with E-state index in [9.17, 15) is 14.4 Å². The highest BCUT2D eigenvalue weighted by atomic mass is 35.5. The highest BCUT2D eigenvalue weighted by Crippen LogP contribution is 2.39. The molecule has 1 saturated heterocycles. The molecule has 2 aromatic heterocycles. The van der Waals surface area contributed by atoms with Crippen molar-refractivity contribution in [2.75, 3.05) is 0 Å². The van der Waals surface area contributed by atoms with Crippen molar-refractivity contribution in [1.82, 2.24) is 14.9 Å². The van der Waals surface area contributed by atoms with Crippen LogP contribution in [0.4, 0.5) is 0 Å². The number of thiazole rings is 1. The number of benzene rings is 1. The standard InChI is InChI=1S/C19H14ClN3O3S/c20-17-11(12-7-8-15(24)22-18(12)26)4-3-5-13(17)14-10-21-19(27-14)23-9-2-1-6-16(23)25/h1-6,9-10,12H,7-8H2,(H,22,24,26). The van der Waals surface area contributed by atoms with Crippen LogP contribution < -0.4 is 10.9 Å². The average molecular weight is 400 g/mol. The molecule has 0 radical (unpaired) electrons. The molecule has 136 valence electrons. The second kappa shape index (κ2) is 7.09. The minimum atomic E-state index is -0.459. The number of piperidine rings is 1. The van der Waals surface area contributed by atoms with Crippen LogP contribution in [-0.4, -0.2) is 21.4 Å². The van der Waals surface area contributed by atoms with Gasteiger partial charge in [-0.1, -0.05) is 47.2 Å². The van der Waals surface area contributed by atoms with E-state index < -0.39 is 5.92 Å². The SMILES string of the molecule is O=C1CCC(c2cccc(-c3cnc(-n4ccccc4=O)s3)c2Cl)C(=O)N1. The Labute approximate surface area is 163 Å². The average Bonchev–Trinajstić information content (AvgIpc) is 3.12. The number of imide groups is 1. The number of rotatable bonds is 3. The van der Waals surface area contributed by atoms with Gasteiger partial charge >= 0.3 is 0 Å². The number of hydrogen-bond acceptors (Lipinski definition) is 5. The molecule has 27 heavy (non-hydrogen) atoms. The zero-order valence-electron chi connectivity index (χ0n) is 14.0. The number of halogens is 1. The molecule has 0 aliphatic carbocycles. The lowest BCUT2D eigenvalue weighted by molar-refractivity contribution is -0.134. The summed E-state index contributed by atoms with van der Waals surface area (Å²) < 4.78 is 1.46. The first-order valence-electron chi connectivity index (χ1n) is 8.31. The maximum Gasteiger partial charge on any atom is 0.256 e. The zero-order chi connectivity index (χ0) is 19.0. The lowest BCUT2D eigenvalue weighted by Gasteiger charge is -2.22. The van der Waals surface area contributed by atoms with Crippen molar-refractivity contribution in [1.29, 1.82) is 0 Å². The number of hydrogen-bond donors (Lipinski definition) is 1. The Balaban J connectivity index is 1.72. The molecule has 3 aromatic rings. The molecule has 2 amide bonds. The van der Waals surface area contributed by atoms with Gasteiger partial charge in [0.25, 0.3) is 5.56 Å². The largest absolute Gasteiger partial charge is 0.296 e. The first-order chi connectivity index (χ1) is 13.0. The molecule has 1 fully saturated rings. The summed E-state index contributed by atoms with van der Waals surface area (Å²) >= 11 is 7.95. The summed E-state index contributed by atoms with van der Waals surface area (Å²) in [6.07, 6.45) is 4.04. The number of carbonyl (C=O) groups excluding carboxylic acids is 2. The van der Waals surface area contributed by atoms with Crippen molar-refractivity contribution in [3.63, 3.8) is 0 Å². The summed E-state index contributed by atoms with van der Waals surface area (Å²) in [5, 5.41) is 3.36. The summed E-state index contributed by atoms with van der Waals surface area (Å²) in [5.74, 6) is -1.05. The molecule has 3 heterocycles. The number of amides is 2. The van der Waals surface area contributed by atoms with Crippen LogP contribution >= 0.6 is 22.9 Å². The molecule has 1 aliphatic heterocycles. The fourth-order valence-electron chi connectivity index (χ4n) is 3.09. The van der Waals surface area contributed by atoms with Crippen LogP contribution in [0.15, 0.2) is 53.6 Å². The van der Waals surface area contributed by atoms with Crippen LogP contribution in [0.5, 0.6) is 0 Å². The second-order valence-corrected chi connectivity index (χ2v) is 7.52. The Morgan fingerprint density at radius 2 is 2.00 bits per heavy atom. The van der Waals surface area contributed by atoms with Crippen LogP contribution in [-0.2, 0) is 9.59 Å². The molecule has 0 saturated carbocycles. The van der Waals surface area contributed by atoms with Crippen molar-refractivity contribution in [2.45, 2.75) is 18.8 Å². The molecule has 0 bridgehead atoms. The third kappa shape index (κ3) is 3.31. The van der Waals surface area contributed by atoms with Crippen LogP contribution in [0.3, 0.4) is 0 Å². The minimum absolute atomic E-state index is 0.165. The topological polar surface area (TPSA) is 81.1 Å². The van der Waals surface area contributed by atoms with Crippen LogP contribution in [0.25, 0.3) is 15.6 Å². The maximum atomic E-state index is 12.2. The summed E-state index contributed by atoms with van der Waals surface area (Å²) in [4.78, 5) is 40.7. The number of nitrogens with one attached hydrogen (secondary N) is 1. The molecule has 1 atom stereocenters. The van der Waals surface area contributed by atoms with E-state index in [1.54, 1.807) is 30.6 Å². The van der Waals surface area contributed by atoms with Gasteiger partial charge in [0.2, 0.25) is 11.8 Å². The van der Waals surface area contributed by atoms with Crippen molar-refractivity contribution < 1.29 is 9.59 Å². The second-order valence-electron chi connectivity index (χ2n) is 6.13. The third-order valence-corrected chi connectivity index (χ3v) is 5.88. The molecule has 1 aromatic carbocycles. The van der Waals surface area contributed by atoms with Gasteiger partial charge in [-0.2, -0.15) is 0 Å². The minimum Gasteiger partial charge on any atom is -0.296 e. The van der Waals surface area contributed by atoms with Crippen molar-refractivity contribution in [2.24, 2.45) is 0 Å². The van der Waals surface area contributed by atoms with Crippen molar-refractivity contribution in [3.05, 3.63) is 69.7 Å². The molecule has 8 heteroatoms. The lowest BCUT2D eigenvalue weighted by atomic mass is 9.89. The van der Waals surface area contributed by atoms with E-state index in [0.717, 1.165) is 10.4 Å². The fourth-order valence-corrected chi connectivity index (χ4v) is 4.44. The Hall–Kier alpha value is -2.77. The third-order valence-electron chi connectivity index (χ3n) is 4.43. The Kier molecular flexibility index (Phi) is 4.63. The molecule has 4 rings (SSSR count). The quantitative estimate of drug-likeness (QED) is 0.686. The normalized spacial score (nSPS) is 17.0. The highest BCUT2D eigenvalue weighted by molar-refractivity contribution is 7.17. The Morgan fingerprint density at radius 1 is 1.15 bits per heavy atom. The molecular formula is C19H14ClN3O3S. The first kappa shape index (κ1) is 17.6. The van der Waals surface area contributed by atoms with E-state index in [-0.39, 0.29) is 17.4 Å². The van der Waals surface area contributed by atoms with Crippen LogP contribution in [0.1, 0.15) is 24.3 Å².